The number of carbonyl (C=O) groups excluding carboxylic acids is 1. The first-order valence-electron chi connectivity index (χ1n) is 6.80. The molecule has 0 aromatic heterocycles. The number of nitrogens with one attached hydrogen (secondary N) is 1. The zero-order chi connectivity index (χ0) is 17.3. The fourth-order valence-electron chi connectivity index (χ4n) is 2.15. The van der Waals surface area contributed by atoms with Crippen molar-refractivity contribution in [3.63, 3.8) is 0 Å². The quantitative estimate of drug-likeness (QED) is 0.654. The van der Waals surface area contributed by atoms with Crippen LogP contribution < -0.4 is 14.8 Å². The first-order chi connectivity index (χ1) is 11.5. The van der Waals surface area contributed by atoms with Gasteiger partial charge in [0.05, 0.1) is 15.6 Å². The van der Waals surface area contributed by atoms with Crippen LogP contribution in [0.2, 0.25) is 10.0 Å². The van der Waals surface area contributed by atoms with E-state index < -0.39 is 10.8 Å². The zero-order valence-corrected chi connectivity index (χ0v) is 13.6. The monoisotopic (exact) mass is 368 g/mol. The van der Waals surface area contributed by atoms with Gasteiger partial charge in [0.2, 0.25) is 0 Å². The highest BCUT2D eigenvalue weighted by Gasteiger charge is 2.19. The summed E-state index contributed by atoms with van der Waals surface area (Å²) in [4.78, 5) is 22.6. The third-order valence-electron chi connectivity index (χ3n) is 3.29. The highest BCUT2D eigenvalue weighted by atomic mass is 35.5. The number of rotatable bonds is 3. The molecule has 2 aromatic rings. The molecule has 1 N–H and O–H groups in total. The second kappa shape index (κ2) is 6.54. The molecule has 3 rings (SSSR count). The molecule has 0 bridgehead atoms. The van der Waals surface area contributed by atoms with Gasteiger partial charge in [-0.2, -0.15) is 0 Å². The van der Waals surface area contributed by atoms with Crippen molar-refractivity contribution >= 4 is 40.5 Å². The van der Waals surface area contributed by atoms with E-state index in [1.54, 1.807) is 6.07 Å². The number of fused-ring (bicyclic) bond motifs is 1. The molecule has 1 aliphatic heterocycles. The van der Waals surface area contributed by atoms with E-state index in [4.69, 9.17) is 32.7 Å². The van der Waals surface area contributed by atoms with Crippen LogP contribution in [0.15, 0.2) is 30.3 Å². The molecule has 0 unspecified atom stereocenters. The van der Waals surface area contributed by atoms with Crippen LogP contribution in [0.4, 0.5) is 11.4 Å². The summed E-state index contributed by atoms with van der Waals surface area (Å²) in [6.45, 7) is 0.814. The predicted molar refractivity (Wildman–Crippen MR) is 88.5 cm³/mol. The highest BCUT2D eigenvalue weighted by molar-refractivity contribution is 6.34. The fraction of sp³-hybridized carbons (Fsp3) is 0.133. The molecule has 0 fully saturated rings. The van der Waals surface area contributed by atoms with E-state index in [9.17, 15) is 14.9 Å². The summed E-state index contributed by atoms with van der Waals surface area (Å²) in [5.74, 6) is 0.391. The van der Waals surface area contributed by atoms with Gasteiger partial charge in [-0.1, -0.05) is 23.2 Å². The molecule has 124 valence electrons. The van der Waals surface area contributed by atoms with Crippen molar-refractivity contribution < 1.29 is 19.2 Å². The van der Waals surface area contributed by atoms with Crippen LogP contribution >= 0.6 is 23.2 Å². The fourth-order valence-corrected chi connectivity index (χ4v) is 2.54. The number of halogens is 2. The van der Waals surface area contributed by atoms with Crippen LogP contribution in [0.25, 0.3) is 0 Å². The van der Waals surface area contributed by atoms with Gasteiger partial charge in [-0.15, -0.1) is 0 Å². The summed E-state index contributed by atoms with van der Waals surface area (Å²) in [6.07, 6.45) is 0. The lowest BCUT2D eigenvalue weighted by atomic mass is 10.1. The van der Waals surface area contributed by atoms with Crippen LogP contribution in [-0.4, -0.2) is 24.0 Å². The molecule has 1 heterocycles. The minimum absolute atomic E-state index is 0.0473. The van der Waals surface area contributed by atoms with Crippen molar-refractivity contribution in [3.05, 3.63) is 56.1 Å². The Kier molecular flexibility index (Phi) is 4.46. The lowest BCUT2D eigenvalue weighted by Gasteiger charge is -2.20. The molecule has 9 heteroatoms. The van der Waals surface area contributed by atoms with E-state index in [1.165, 1.54) is 18.2 Å². The van der Waals surface area contributed by atoms with E-state index in [0.717, 1.165) is 6.07 Å². The number of carbonyl (C=O) groups is 1. The van der Waals surface area contributed by atoms with Gasteiger partial charge in [0, 0.05) is 23.8 Å². The number of nitro benzene ring substituents is 1. The summed E-state index contributed by atoms with van der Waals surface area (Å²) in [5.41, 5.74) is 0.0400. The topological polar surface area (TPSA) is 90.7 Å². The van der Waals surface area contributed by atoms with Crippen molar-refractivity contribution in [1.82, 2.24) is 0 Å². The summed E-state index contributed by atoms with van der Waals surface area (Å²) in [6, 6.07) is 6.86. The zero-order valence-electron chi connectivity index (χ0n) is 12.0. The van der Waals surface area contributed by atoms with Crippen molar-refractivity contribution in [2.24, 2.45) is 0 Å². The Morgan fingerprint density at radius 3 is 2.42 bits per heavy atom. The lowest BCUT2D eigenvalue weighted by Crippen LogP contribution is -2.17. The molecule has 2 aromatic carbocycles. The molecular formula is C15H10Cl2N2O5. The lowest BCUT2D eigenvalue weighted by molar-refractivity contribution is -0.384. The normalized spacial score (nSPS) is 12.6. The average Bonchev–Trinajstić information content (AvgIpc) is 2.55. The molecule has 1 amide bonds. The molecule has 0 atom stereocenters. The second-order valence-electron chi connectivity index (χ2n) is 4.85. The summed E-state index contributed by atoms with van der Waals surface area (Å²) < 4.78 is 10.8. The minimum Gasteiger partial charge on any atom is -0.486 e. The first kappa shape index (κ1) is 16.4. The molecule has 0 spiro atoms. The van der Waals surface area contributed by atoms with Crippen molar-refractivity contribution in [1.29, 1.82) is 0 Å². The van der Waals surface area contributed by atoms with Crippen LogP contribution in [0.5, 0.6) is 11.5 Å². The molecule has 0 radical (unpaired) electrons. The van der Waals surface area contributed by atoms with Gasteiger partial charge in [0.25, 0.3) is 11.6 Å². The van der Waals surface area contributed by atoms with Crippen LogP contribution in [0.3, 0.4) is 0 Å². The number of benzene rings is 2. The Morgan fingerprint density at radius 2 is 1.75 bits per heavy atom. The number of hydrogen-bond acceptors (Lipinski definition) is 5. The molecular weight excluding hydrogens is 359 g/mol. The molecule has 0 saturated heterocycles. The number of amides is 1. The Morgan fingerprint density at radius 1 is 1.08 bits per heavy atom. The van der Waals surface area contributed by atoms with Crippen molar-refractivity contribution in [3.8, 4) is 11.5 Å². The summed E-state index contributed by atoms with van der Waals surface area (Å²) in [5, 5.41) is 13.7. The van der Waals surface area contributed by atoms with Gasteiger partial charge >= 0.3 is 0 Å². The maximum atomic E-state index is 12.3. The molecule has 7 nitrogen and oxygen atoms in total. The van der Waals surface area contributed by atoms with Crippen LogP contribution in [0.1, 0.15) is 10.4 Å². The number of anilines is 1. The van der Waals surface area contributed by atoms with Gasteiger partial charge in [0.1, 0.15) is 18.2 Å². The van der Waals surface area contributed by atoms with Gasteiger partial charge in [0.15, 0.2) is 11.5 Å². The van der Waals surface area contributed by atoms with Crippen molar-refractivity contribution in [2.75, 3.05) is 18.5 Å². The van der Waals surface area contributed by atoms with Gasteiger partial charge < -0.3 is 14.8 Å². The third kappa shape index (κ3) is 3.22. The minimum atomic E-state index is -0.657. The first-order valence-corrected chi connectivity index (χ1v) is 7.56. The van der Waals surface area contributed by atoms with Gasteiger partial charge in [-0.05, 0) is 12.1 Å². The average molecular weight is 369 g/mol. The summed E-state index contributed by atoms with van der Waals surface area (Å²) >= 11 is 11.9. The predicted octanol–water partition coefficient (Wildman–Crippen LogP) is 3.93. The highest BCUT2D eigenvalue weighted by Crippen LogP contribution is 2.38. The van der Waals surface area contributed by atoms with E-state index in [2.05, 4.69) is 5.32 Å². The van der Waals surface area contributed by atoms with Crippen molar-refractivity contribution in [2.45, 2.75) is 0 Å². The Labute approximate surface area is 146 Å². The number of hydrogen-bond donors (Lipinski definition) is 1. The molecule has 0 saturated carbocycles. The van der Waals surface area contributed by atoms with Crippen LogP contribution in [-0.2, 0) is 0 Å². The SMILES string of the molecule is O=C(Nc1cc2c(cc1Cl)OCCO2)c1ccc(Cl)c([N+](=O)[O-])c1. The Hall–Kier alpha value is -2.51. The standard InChI is InChI=1S/C15H10Cl2N2O5/c16-9-2-1-8(5-12(9)19(21)22)15(20)18-11-7-14-13(6-10(11)17)23-3-4-24-14/h1-2,5-7H,3-4H2,(H,18,20). The summed E-state index contributed by atoms with van der Waals surface area (Å²) in [7, 11) is 0. The van der Waals surface area contributed by atoms with Gasteiger partial charge in [-0.3, -0.25) is 14.9 Å². The third-order valence-corrected chi connectivity index (χ3v) is 3.92. The number of ether oxygens (including phenoxy) is 2. The Balaban J connectivity index is 1.87. The van der Waals surface area contributed by atoms with E-state index in [1.807, 2.05) is 0 Å². The second-order valence-corrected chi connectivity index (χ2v) is 5.67. The van der Waals surface area contributed by atoms with Gasteiger partial charge in [-0.25, -0.2) is 0 Å². The Bertz CT molecular complexity index is 841. The molecule has 1 aliphatic rings. The largest absolute Gasteiger partial charge is 0.486 e. The molecule has 24 heavy (non-hydrogen) atoms. The number of nitrogens with zero attached hydrogens (tertiary/aromatic N) is 1. The number of nitro groups is 1. The smallest absolute Gasteiger partial charge is 0.288 e. The van der Waals surface area contributed by atoms with E-state index in [0.29, 0.717) is 30.4 Å². The van der Waals surface area contributed by atoms with E-state index in [-0.39, 0.29) is 21.3 Å². The maximum absolute atomic E-state index is 12.3. The van der Waals surface area contributed by atoms with E-state index >= 15 is 0 Å². The maximum Gasteiger partial charge on any atom is 0.288 e. The molecule has 0 aliphatic carbocycles. The van der Waals surface area contributed by atoms with Crippen LogP contribution in [0, 0.1) is 10.1 Å².